The Balaban J connectivity index is 2.72. The van der Waals surface area contributed by atoms with Gasteiger partial charge in [0.1, 0.15) is 24.0 Å². The molecule has 0 saturated heterocycles. The molecule has 0 fully saturated rings. The summed E-state index contributed by atoms with van der Waals surface area (Å²) in [6.07, 6.45) is 0. The summed E-state index contributed by atoms with van der Waals surface area (Å²) in [4.78, 5) is 0. The number of ether oxygens (including phenoxy) is 1. The van der Waals surface area contributed by atoms with Gasteiger partial charge in [-0.3, -0.25) is 0 Å². The van der Waals surface area contributed by atoms with Crippen LogP contribution >= 0.6 is 0 Å². The van der Waals surface area contributed by atoms with Crippen molar-refractivity contribution in [1.29, 1.82) is 0 Å². The largest absolute Gasteiger partial charge is 0.492 e. The van der Waals surface area contributed by atoms with Crippen LogP contribution in [0.2, 0.25) is 0 Å². The van der Waals surface area contributed by atoms with Gasteiger partial charge in [-0.2, -0.15) is 0 Å². The summed E-state index contributed by atoms with van der Waals surface area (Å²) in [5.41, 5.74) is 5.14. The van der Waals surface area contributed by atoms with Crippen molar-refractivity contribution in [2.75, 3.05) is 13.2 Å². The minimum absolute atomic E-state index is 0.165. The van der Waals surface area contributed by atoms with E-state index >= 15 is 0 Å². The summed E-state index contributed by atoms with van der Waals surface area (Å²) < 4.78 is 29.9. The average Bonchev–Trinajstić information content (AvgIpc) is 1.99. The molecule has 0 spiro atoms. The summed E-state index contributed by atoms with van der Waals surface area (Å²) in [7, 11) is 0. The molecule has 2 nitrogen and oxygen atoms in total. The van der Waals surface area contributed by atoms with Crippen molar-refractivity contribution < 1.29 is 13.5 Å². The molecule has 0 aromatic heterocycles. The van der Waals surface area contributed by atoms with Gasteiger partial charge in [-0.1, -0.05) is 0 Å². The third kappa shape index (κ3) is 2.47. The Morgan fingerprint density at radius 1 is 1.17 bits per heavy atom. The van der Waals surface area contributed by atoms with Gasteiger partial charge >= 0.3 is 0 Å². The Labute approximate surface area is 68.9 Å². The van der Waals surface area contributed by atoms with E-state index in [1.165, 1.54) is 0 Å². The van der Waals surface area contributed by atoms with Crippen molar-refractivity contribution in [3.05, 3.63) is 29.8 Å². The van der Waals surface area contributed by atoms with E-state index in [1.807, 2.05) is 0 Å². The van der Waals surface area contributed by atoms with Crippen molar-refractivity contribution in [2.45, 2.75) is 0 Å². The van der Waals surface area contributed by atoms with Crippen LogP contribution in [0.1, 0.15) is 0 Å². The van der Waals surface area contributed by atoms with Crippen LogP contribution < -0.4 is 10.5 Å². The van der Waals surface area contributed by atoms with Crippen LogP contribution in [-0.4, -0.2) is 13.2 Å². The molecule has 0 aliphatic heterocycles. The third-order valence-electron chi connectivity index (χ3n) is 1.22. The molecule has 0 aliphatic rings. The molecular formula is C8H9F2NO. The lowest BCUT2D eigenvalue weighted by Crippen LogP contribution is -2.10. The van der Waals surface area contributed by atoms with Crippen molar-refractivity contribution in [2.24, 2.45) is 5.73 Å². The number of halogens is 2. The molecule has 12 heavy (non-hydrogen) atoms. The Kier molecular flexibility index (Phi) is 2.99. The van der Waals surface area contributed by atoms with E-state index in [2.05, 4.69) is 0 Å². The van der Waals surface area contributed by atoms with Gasteiger partial charge in [0.25, 0.3) is 0 Å². The molecule has 2 N–H and O–H groups in total. The monoisotopic (exact) mass is 173 g/mol. The summed E-state index contributed by atoms with van der Waals surface area (Å²) in [6, 6.07) is 3.01. The molecule has 4 heteroatoms. The fraction of sp³-hybridized carbons (Fsp3) is 0.250. The van der Waals surface area contributed by atoms with Gasteiger partial charge in [0.15, 0.2) is 0 Å². The molecule has 0 radical (unpaired) electrons. The van der Waals surface area contributed by atoms with Crippen LogP contribution in [0.15, 0.2) is 18.2 Å². The predicted octanol–water partition coefficient (Wildman–Crippen LogP) is 1.30. The van der Waals surface area contributed by atoms with Crippen LogP contribution in [0.25, 0.3) is 0 Å². The quantitative estimate of drug-likeness (QED) is 0.747. The first-order chi connectivity index (χ1) is 5.72. The van der Waals surface area contributed by atoms with Gasteiger partial charge in [-0.15, -0.1) is 0 Å². The van der Waals surface area contributed by atoms with Crippen molar-refractivity contribution in [1.82, 2.24) is 0 Å². The van der Waals surface area contributed by atoms with E-state index in [0.29, 0.717) is 6.54 Å². The van der Waals surface area contributed by atoms with Gasteiger partial charge in [0, 0.05) is 24.7 Å². The average molecular weight is 173 g/mol. The molecule has 0 heterocycles. The summed E-state index contributed by atoms with van der Waals surface area (Å²) in [6.45, 7) is 0.570. The first kappa shape index (κ1) is 8.93. The van der Waals surface area contributed by atoms with Gasteiger partial charge in [0.05, 0.1) is 0 Å². The number of nitrogens with two attached hydrogens (primary N) is 1. The topological polar surface area (TPSA) is 35.2 Å². The summed E-state index contributed by atoms with van der Waals surface area (Å²) >= 11 is 0. The molecule has 66 valence electrons. The van der Waals surface area contributed by atoms with Crippen molar-refractivity contribution in [3.8, 4) is 5.75 Å². The van der Waals surface area contributed by atoms with Gasteiger partial charge in [-0.25, -0.2) is 8.78 Å². The normalized spacial score (nSPS) is 9.92. The lowest BCUT2D eigenvalue weighted by atomic mass is 10.3. The second kappa shape index (κ2) is 4.01. The van der Waals surface area contributed by atoms with E-state index < -0.39 is 11.6 Å². The molecule has 1 aromatic carbocycles. The van der Waals surface area contributed by atoms with Crippen LogP contribution in [0, 0.1) is 11.6 Å². The van der Waals surface area contributed by atoms with E-state index in [9.17, 15) is 8.78 Å². The molecule has 0 aliphatic carbocycles. The molecular weight excluding hydrogens is 164 g/mol. The standard InChI is InChI=1S/C8H9F2NO/c9-6-3-7(10)5-8(4-6)12-2-1-11/h3-5H,1-2,11H2. The molecule has 0 saturated carbocycles. The zero-order valence-electron chi connectivity index (χ0n) is 6.39. The molecule has 0 bridgehead atoms. The Bertz CT molecular complexity index is 245. The molecule has 0 atom stereocenters. The Morgan fingerprint density at radius 3 is 2.25 bits per heavy atom. The third-order valence-corrected chi connectivity index (χ3v) is 1.22. The SMILES string of the molecule is NCCOc1cc(F)cc(F)c1. The van der Waals surface area contributed by atoms with Gasteiger partial charge < -0.3 is 10.5 Å². The highest BCUT2D eigenvalue weighted by Gasteiger charge is 1.99. The maximum absolute atomic E-state index is 12.5. The van der Waals surface area contributed by atoms with Crippen LogP contribution in [0.5, 0.6) is 5.75 Å². The van der Waals surface area contributed by atoms with Crippen LogP contribution in [0.4, 0.5) is 8.78 Å². The minimum atomic E-state index is -0.651. The highest BCUT2D eigenvalue weighted by Crippen LogP contribution is 2.14. The first-order valence-electron chi connectivity index (χ1n) is 3.51. The number of benzene rings is 1. The molecule has 1 rings (SSSR count). The number of rotatable bonds is 3. The van der Waals surface area contributed by atoms with Crippen LogP contribution in [-0.2, 0) is 0 Å². The Morgan fingerprint density at radius 2 is 1.75 bits per heavy atom. The van der Waals surface area contributed by atoms with E-state index in [0.717, 1.165) is 18.2 Å². The fourth-order valence-corrected chi connectivity index (χ4v) is 0.789. The predicted molar refractivity (Wildman–Crippen MR) is 40.9 cm³/mol. The Hall–Kier alpha value is -1.16. The maximum Gasteiger partial charge on any atom is 0.129 e. The molecule has 0 amide bonds. The van der Waals surface area contributed by atoms with Crippen molar-refractivity contribution >= 4 is 0 Å². The number of hydrogen-bond acceptors (Lipinski definition) is 2. The maximum atomic E-state index is 12.5. The van der Waals surface area contributed by atoms with E-state index in [1.54, 1.807) is 0 Å². The van der Waals surface area contributed by atoms with Crippen LogP contribution in [0.3, 0.4) is 0 Å². The highest BCUT2D eigenvalue weighted by molar-refractivity contribution is 5.23. The first-order valence-corrected chi connectivity index (χ1v) is 3.51. The summed E-state index contributed by atoms with van der Waals surface area (Å²) in [5.74, 6) is -1.14. The lowest BCUT2D eigenvalue weighted by Gasteiger charge is -2.03. The van der Waals surface area contributed by atoms with Gasteiger partial charge in [-0.05, 0) is 0 Å². The zero-order chi connectivity index (χ0) is 8.97. The summed E-state index contributed by atoms with van der Waals surface area (Å²) in [5, 5.41) is 0. The van der Waals surface area contributed by atoms with Crippen molar-refractivity contribution in [3.63, 3.8) is 0 Å². The fourth-order valence-electron chi connectivity index (χ4n) is 0.789. The zero-order valence-corrected chi connectivity index (χ0v) is 6.39. The van der Waals surface area contributed by atoms with Gasteiger partial charge in [0.2, 0.25) is 0 Å². The second-order valence-corrected chi connectivity index (χ2v) is 2.24. The van der Waals surface area contributed by atoms with E-state index in [-0.39, 0.29) is 12.4 Å². The lowest BCUT2D eigenvalue weighted by molar-refractivity contribution is 0.324. The molecule has 1 aromatic rings. The minimum Gasteiger partial charge on any atom is -0.492 e. The highest BCUT2D eigenvalue weighted by atomic mass is 19.1. The van der Waals surface area contributed by atoms with E-state index in [4.69, 9.17) is 10.5 Å². The second-order valence-electron chi connectivity index (χ2n) is 2.24. The molecule has 0 unspecified atom stereocenters. The smallest absolute Gasteiger partial charge is 0.129 e. The number of hydrogen-bond donors (Lipinski definition) is 1.